The van der Waals surface area contributed by atoms with Crippen LogP contribution >= 0.6 is 0 Å². The summed E-state index contributed by atoms with van der Waals surface area (Å²) in [7, 11) is 0. The van der Waals surface area contributed by atoms with Gasteiger partial charge in [-0.25, -0.2) is 9.97 Å². The number of nitrogens with one attached hydrogen (secondary N) is 3. The van der Waals surface area contributed by atoms with Gasteiger partial charge in [0.05, 0.1) is 18.6 Å². The summed E-state index contributed by atoms with van der Waals surface area (Å²) in [5, 5.41) is 9.42. The van der Waals surface area contributed by atoms with Crippen molar-refractivity contribution >= 4 is 5.91 Å². The van der Waals surface area contributed by atoms with Crippen molar-refractivity contribution in [2.45, 2.75) is 25.3 Å². The Balaban J connectivity index is 1.60. The van der Waals surface area contributed by atoms with E-state index in [4.69, 9.17) is 0 Å². The van der Waals surface area contributed by atoms with E-state index in [0.717, 1.165) is 24.4 Å². The van der Waals surface area contributed by atoms with Crippen LogP contribution in [0.4, 0.5) is 0 Å². The Morgan fingerprint density at radius 2 is 2.41 bits per heavy atom. The van der Waals surface area contributed by atoms with Crippen molar-refractivity contribution < 1.29 is 4.79 Å². The normalized spacial score (nSPS) is 14.8. The van der Waals surface area contributed by atoms with Gasteiger partial charge in [0.1, 0.15) is 5.82 Å². The lowest BCUT2D eigenvalue weighted by Gasteiger charge is -1.98. The second kappa shape index (κ2) is 4.00. The first-order valence-electron chi connectivity index (χ1n) is 5.50. The molecule has 1 saturated carbocycles. The predicted octanol–water partition coefficient (Wildman–Crippen LogP) is 0.335. The molecule has 1 fully saturated rings. The van der Waals surface area contributed by atoms with Gasteiger partial charge in [0, 0.05) is 12.1 Å². The summed E-state index contributed by atoms with van der Waals surface area (Å²) in [5.41, 5.74) is 0.844. The Morgan fingerprint density at radius 3 is 3.12 bits per heavy atom. The molecule has 2 heterocycles. The molecule has 3 N–H and O–H groups in total. The molecule has 0 aliphatic heterocycles. The van der Waals surface area contributed by atoms with E-state index in [1.54, 1.807) is 12.5 Å². The highest BCUT2D eigenvalue weighted by atomic mass is 16.2. The van der Waals surface area contributed by atoms with Gasteiger partial charge >= 0.3 is 0 Å². The summed E-state index contributed by atoms with van der Waals surface area (Å²) in [6, 6.07) is 0. The number of imidazole rings is 1. The smallest absolute Gasteiger partial charge is 0.291 e. The maximum atomic E-state index is 11.7. The number of amides is 1. The summed E-state index contributed by atoms with van der Waals surface area (Å²) < 4.78 is 0. The van der Waals surface area contributed by atoms with Gasteiger partial charge in [-0.15, -0.1) is 5.10 Å². The number of hydrogen-bond acceptors (Lipinski definition) is 4. The van der Waals surface area contributed by atoms with Crippen LogP contribution in [0.15, 0.2) is 12.5 Å². The Bertz CT molecular complexity index is 513. The maximum Gasteiger partial charge on any atom is 0.291 e. The van der Waals surface area contributed by atoms with Crippen LogP contribution in [0.3, 0.4) is 0 Å². The first-order chi connectivity index (χ1) is 8.33. The lowest BCUT2D eigenvalue weighted by molar-refractivity contribution is 0.0940. The fourth-order valence-corrected chi connectivity index (χ4v) is 1.55. The monoisotopic (exact) mass is 232 g/mol. The van der Waals surface area contributed by atoms with E-state index in [1.165, 1.54) is 0 Å². The molecular formula is C10H12N6O. The largest absolute Gasteiger partial charge is 0.347 e. The highest BCUT2D eigenvalue weighted by Gasteiger charge is 2.28. The zero-order chi connectivity index (χ0) is 11.7. The third-order valence-electron chi connectivity index (χ3n) is 2.66. The second-order valence-corrected chi connectivity index (χ2v) is 4.08. The lowest BCUT2D eigenvalue weighted by atomic mass is 10.4. The summed E-state index contributed by atoms with van der Waals surface area (Å²) in [4.78, 5) is 22.6. The van der Waals surface area contributed by atoms with Crippen molar-refractivity contribution in [3.8, 4) is 0 Å². The molecule has 17 heavy (non-hydrogen) atoms. The van der Waals surface area contributed by atoms with Crippen LogP contribution in [0.1, 0.15) is 40.9 Å². The van der Waals surface area contributed by atoms with Gasteiger partial charge in [0.25, 0.3) is 5.91 Å². The molecule has 88 valence electrons. The van der Waals surface area contributed by atoms with Crippen LogP contribution in [0, 0.1) is 0 Å². The molecule has 0 unspecified atom stereocenters. The van der Waals surface area contributed by atoms with Crippen LogP contribution in [-0.4, -0.2) is 31.1 Å². The van der Waals surface area contributed by atoms with Crippen LogP contribution in [0.2, 0.25) is 0 Å². The highest BCUT2D eigenvalue weighted by Crippen LogP contribution is 2.37. The summed E-state index contributed by atoms with van der Waals surface area (Å²) in [6.07, 6.45) is 5.49. The van der Waals surface area contributed by atoms with Crippen molar-refractivity contribution in [2.75, 3.05) is 0 Å². The average molecular weight is 232 g/mol. The van der Waals surface area contributed by atoms with Crippen molar-refractivity contribution in [2.24, 2.45) is 0 Å². The summed E-state index contributed by atoms with van der Waals surface area (Å²) in [5.74, 6) is 1.21. The summed E-state index contributed by atoms with van der Waals surface area (Å²) >= 11 is 0. The highest BCUT2D eigenvalue weighted by molar-refractivity contribution is 5.90. The minimum absolute atomic E-state index is 0.200. The maximum absolute atomic E-state index is 11.7. The van der Waals surface area contributed by atoms with Crippen molar-refractivity contribution in [3.63, 3.8) is 0 Å². The molecule has 1 aliphatic carbocycles. The fourth-order valence-electron chi connectivity index (χ4n) is 1.55. The zero-order valence-corrected chi connectivity index (χ0v) is 9.10. The van der Waals surface area contributed by atoms with Gasteiger partial charge in [-0.05, 0) is 12.8 Å². The van der Waals surface area contributed by atoms with Gasteiger partial charge in [0.15, 0.2) is 0 Å². The average Bonchev–Trinajstić information content (AvgIpc) is 2.88. The first-order valence-corrected chi connectivity index (χ1v) is 5.50. The van der Waals surface area contributed by atoms with Gasteiger partial charge in [-0.3, -0.25) is 9.89 Å². The van der Waals surface area contributed by atoms with E-state index in [2.05, 4.69) is 30.5 Å². The van der Waals surface area contributed by atoms with Crippen molar-refractivity contribution in [3.05, 3.63) is 29.9 Å². The van der Waals surface area contributed by atoms with Gasteiger partial charge < -0.3 is 10.3 Å². The van der Waals surface area contributed by atoms with E-state index in [1.807, 2.05) is 0 Å². The molecule has 1 amide bonds. The number of carbonyl (C=O) groups is 1. The van der Waals surface area contributed by atoms with E-state index in [9.17, 15) is 4.79 Å². The number of hydrogen-bond donors (Lipinski definition) is 3. The molecule has 0 atom stereocenters. The molecule has 3 rings (SSSR count). The van der Waals surface area contributed by atoms with E-state index in [-0.39, 0.29) is 11.7 Å². The molecule has 2 aromatic rings. The number of nitrogens with zero attached hydrogens (tertiary/aromatic N) is 3. The van der Waals surface area contributed by atoms with E-state index >= 15 is 0 Å². The molecule has 1 aliphatic rings. The predicted molar refractivity (Wildman–Crippen MR) is 58.1 cm³/mol. The standard InChI is InChI=1S/C10H12N6O/c17-10(12-4-7-3-11-5-13-7)9-14-8(15-16-9)6-1-2-6/h3,5-6H,1-2,4H2,(H,11,13)(H,12,17)(H,14,15,16). The third-order valence-corrected chi connectivity index (χ3v) is 2.66. The molecule has 0 radical (unpaired) electrons. The fraction of sp³-hybridized carbons (Fsp3) is 0.400. The molecule has 0 saturated heterocycles. The minimum atomic E-state index is -0.275. The Hall–Kier alpha value is -2.18. The first kappa shape index (κ1) is 10.0. The third kappa shape index (κ3) is 2.17. The van der Waals surface area contributed by atoms with Gasteiger partial charge in [0.2, 0.25) is 5.82 Å². The molecule has 2 aromatic heterocycles. The van der Waals surface area contributed by atoms with Gasteiger partial charge in [-0.2, -0.15) is 0 Å². The summed E-state index contributed by atoms with van der Waals surface area (Å²) in [6.45, 7) is 0.395. The molecule has 0 aromatic carbocycles. The Kier molecular flexibility index (Phi) is 2.36. The zero-order valence-electron chi connectivity index (χ0n) is 9.10. The van der Waals surface area contributed by atoms with E-state index < -0.39 is 0 Å². The molecule has 0 bridgehead atoms. The molecule has 0 spiro atoms. The SMILES string of the molecule is O=C(NCc1cnc[nH]1)c1n[nH]c(C2CC2)n1. The minimum Gasteiger partial charge on any atom is -0.347 e. The molecular weight excluding hydrogens is 220 g/mol. The quantitative estimate of drug-likeness (QED) is 0.707. The van der Waals surface area contributed by atoms with Crippen LogP contribution in [0.25, 0.3) is 0 Å². The van der Waals surface area contributed by atoms with Crippen LogP contribution < -0.4 is 5.32 Å². The number of H-pyrrole nitrogens is 2. The number of aromatic amines is 2. The number of aromatic nitrogens is 5. The van der Waals surface area contributed by atoms with Gasteiger partial charge in [-0.1, -0.05) is 0 Å². The second-order valence-electron chi connectivity index (χ2n) is 4.08. The lowest BCUT2D eigenvalue weighted by Crippen LogP contribution is -2.24. The Morgan fingerprint density at radius 1 is 1.53 bits per heavy atom. The van der Waals surface area contributed by atoms with Crippen molar-refractivity contribution in [1.29, 1.82) is 0 Å². The van der Waals surface area contributed by atoms with Crippen LogP contribution in [0.5, 0.6) is 0 Å². The van der Waals surface area contributed by atoms with Crippen molar-refractivity contribution in [1.82, 2.24) is 30.5 Å². The van der Waals surface area contributed by atoms with Crippen LogP contribution in [-0.2, 0) is 6.54 Å². The molecule has 7 nitrogen and oxygen atoms in total. The van der Waals surface area contributed by atoms with E-state index in [0.29, 0.717) is 12.5 Å². The molecule has 7 heteroatoms. The number of rotatable bonds is 4. The topological polar surface area (TPSA) is 99.4 Å². The number of carbonyl (C=O) groups excluding carboxylic acids is 1. The Labute approximate surface area is 97.1 Å².